The maximum absolute atomic E-state index is 10.2. The average molecular weight is 280 g/mol. The van der Waals surface area contributed by atoms with Crippen LogP contribution in [0.2, 0.25) is 0 Å². The summed E-state index contributed by atoms with van der Waals surface area (Å²) < 4.78 is 0. The largest absolute Gasteiger partial charge is 0.508 e. The number of benzene rings is 1. The minimum absolute atomic E-state index is 0.209. The number of aromatic hydroxyl groups is 1. The van der Waals surface area contributed by atoms with Gasteiger partial charge in [0, 0.05) is 5.92 Å². The van der Waals surface area contributed by atoms with E-state index in [1.807, 2.05) is 30.4 Å². The Bertz CT molecular complexity index is 688. The fourth-order valence-corrected chi connectivity index (χ4v) is 2.39. The average Bonchev–Trinajstić information content (AvgIpc) is 2.50. The lowest BCUT2D eigenvalue weighted by molar-refractivity contribution is 0.204. The van der Waals surface area contributed by atoms with E-state index in [2.05, 4.69) is 4.98 Å². The van der Waals surface area contributed by atoms with E-state index in [1.54, 1.807) is 30.5 Å². The molecule has 1 aromatic heterocycles. The first-order valence-electron chi connectivity index (χ1n) is 6.72. The molecule has 0 spiro atoms. The number of aliphatic hydroxyl groups excluding tert-OH is 1. The Balaban J connectivity index is 1.95. The number of anilines is 1. The van der Waals surface area contributed by atoms with Crippen LogP contribution in [0, 0.1) is 0 Å². The van der Waals surface area contributed by atoms with Gasteiger partial charge in [0.2, 0.25) is 0 Å². The van der Waals surface area contributed by atoms with Crippen LogP contribution in [0.5, 0.6) is 5.75 Å². The molecule has 2 aromatic rings. The lowest BCUT2D eigenvalue weighted by atomic mass is 9.88. The van der Waals surface area contributed by atoms with Gasteiger partial charge >= 0.3 is 0 Å². The van der Waals surface area contributed by atoms with Crippen molar-refractivity contribution in [1.82, 2.24) is 4.98 Å². The van der Waals surface area contributed by atoms with E-state index in [4.69, 9.17) is 5.73 Å². The van der Waals surface area contributed by atoms with E-state index in [-0.39, 0.29) is 11.7 Å². The molecule has 1 aliphatic carbocycles. The highest BCUT2D eigenvalue weighted by molar-refractivity contribution is 5.76. The monoisotopic (exact) mass is 280 g/mol. The molecule has 3 rings (SSSR count). The minimum atomic E-state index is -0.609. The molecule has 0 saturated heterocycles. The molecule has 2 unspecified atom stereocenters. The van der Waals surface area contributed by atoms with Crippen LogP contribution in [0.25, 0.3) is 5.57 Å². The normalized spacial score (nSPS) is 21.1. The molecule has 0 amide bonds. The zero-order valence-electron chi connectivity index (χ0n) is 11.3. The molecule has 1 heterocycles. The van der Waals surface area contributed by atoms with Crippen molar-refractivity contribution < 1.29 is 10.2 Å². The first kappa shape index (κ1) is 13.4. The number of nitrogens with zero attached hydrogens (tertiary/aromatic N) is 1. The molecule has 106 valence electrons. The fourth-order valence-electron chi connectivity index (χ4n) is 2.39. The summed E-state index contributed by atoms with van der Waals surface area (Å²) in [5.74, 6) is 0.0235. The summed E-state index contributed by atoms with van der Waals surface area (Å²) in [5.41, 5.74) is 8.99. The molecule has 0 aliphatic heterocycles. The third kappa shape index (κ3) is 2.80. The second-order valence-electron chi connectivity index (χ2n) is 5.06. The van der Waals surface area contributed by atoms with Gasteiger partial charge in [0.15, 0.2) is 0 Å². The maximum Gasteiger partial charge on any atom is 0.115 e. The number of nitrogen functional groups attached to an aromatic ring is 1. The van der Waals surface area contributed by atoms with E-state index in [0.29, 0.717) is 5.69 Å². The number of pyridine rings is 1. The van der Waals surface area contributed by atoms with Crippen LogP contribution >= 0.6 is 0 Å². The highest BCUT2D eigenvalue weighted by atomic mass is 16.3. The Kier molecular flexibility index (Phi) is 3.46. The van der Waals surface area contributed by atoms with Crippen molar-refractivity contribution in [1.29, 1.82) is 0 Å². The van der Waals surface area contributed by atoms with Crippen molar-refractivity contribution in [2.45, 2.75) is 12.0 Å². The summed E-state index contributed by atoms with van der Waals surface area (Å²) in [6, 6.07) is 10.6. The van der Waals surface area contributed by atoms with Crippen LogP contribution in [-0.4, -0.2) is 21.3 Å². The van der Waals surface area contributed by atoms with Crippen LogP contribution < -0.4 is 5.73 Å². The zero-order chi connectivity index (χ0) is 14.8. The first-order valence-corrected chi connectivity index (χ1v) is 6.72. The predicted octanol–water partition coefficient (Wildman–Crippen LogP) is 2.47. The van der Waals surface area contributed by atoms with Gasteiger partial charge in [-0.1, -0.05) is 30.4 Å². The van der Waals surface area contributed by atoms with Gasteiger partial charge in [0.25, 0.3) is 0 Å². The molecule has 4 heteroatoms. The molecule has 4 nitrogen and oxygen atoms in total. The van der Waals surface area contributed by atoms with Crippen molar-refractivity contribution >= 4 is 11.3 Å². The van der Waals surface area contributed by atoms with Gasteiger partial charge < -0.3 is 15.9 Å². The van der Waals surface area contributed by atoms with Crippen molar-refractivity contribution in [3.05, 3.63) is 72.1 Å². The van der Waals surface area contributed by atoms with Gasteiger partial charge in [-0.15, -0.1) is 0 Å². The summed E-state index contributed by atoms with van der Waals surface area (Å²) in [5, 5.41) is 19.5. The van der Waals surface area contributed by atoms with Gasteiger partial charge in [0.1, 0.15) is 5.75 Å². The Morgan fingerprint density at radius 2 is 1.81 bits per heavy atom. The number of aromatic nitrogens is 1. The Labute approximate surface area is 122 Å². The molecule has 1 aromatic carbocycles. The number of nitrogens with two attached hydrogens (primary N) is 1. The van der Waals surface area contributed by atoms with Crippen molar-refractivity contribution in [2.24, 2.45) is 0 Å². The minimum Gasteiger partial charge on any atom is -0.508 e. The van der Waals surface area contributed by atoms with E-state index in [1.165, 1.54) is 0 Å². The Hall–Kier alpha value is -2.59. The molecule has 0 saturated carbocycles. The maximum atomic E-state index is 10.2. The van der Waals surface area contributed by atoms with Crippen LogP contribution in [0.3, 0.4) is 0 Å². The quantitative estimate of drug-likeness (QED) is 0.789. The molecule has 4 N–H and O–H groups in total. The molecule has 1 aliphatic rings. The van der Waals surface area contributed by atoms with E-state index in [9.17, 15) is 10.2 Å². The highest BCUT2D eigenvalue weighted by Gasteiger charge is 2.22. The number of aliphatic hydroxyl groups is 1. The van der Waals surface area contributed by atoms with Crippen molar-refractivity contribution in [3.8, 4) is 5.75 Å². The van der Waals surface area contributed by atoms with E-state index in [0.717, 1.165) is 16.8 Å². The number of rotatable bonds is 2. The summed E-state index contributed by atoms with van der Waals surface area (Å²) in [6.45, 7) is 0. The van der Waals surface area contributed by atoms with Gasteiger partial charge in [0.05, 0.1) is 23.7 Å². The second kappa shape index (κ2) is 5.42. The van der Waals surface area contributed by atoms with Crippen LogP contribution in [-0.2, 0) is 0 Å². The topological polar surface area (TPSA) is 79.4 Å². The fraction of sp³-hybridized carbons (Fsp3) is 0.118. The summed E-state index contributed by atoms with van der Waals surface area (Å²) in [6.07, 6.45) is 6.60. The third-order valence-corrected chi connectivity index (χ3v) is 3.55. The first-order chi connectivity index (χ1) is 10.1. The summed E-state index contributed by atoms with van der Waals surface area (Å²) >= 11 is 0. The summed E-state index contributed by atoms with van der Waals surface area (Å²) in [4.78, 5) is 4.29. The van der Waals surface area contributed by atoms with Crippen LogP contribution in [0.4, 0.5) is 5.69 Å². The summed E-state index contributed by atoms with van der Waals surface area (Å²) in [7, 11) is 0. The van der Waals surface area contributed by atoms with Crippen LogP contribution in [0.1, 0.15) is 17.2 Å². The molecule has 0 fully saturated rings. The molecule has 21 heavy (non-hydrogen) atoms. The number of phenolic OH excluding ortho intramolecular Hbond substituents is 1. The standard InChI is InChI=1S/C17H16N2O2/c18-13-4-7-16(19-10-13)15-9-12(3-8-17(15)21)11-1-5-14(20)6-2-11/h1-10,15,17,20-21H,18H2. The predicted molar refractivity (Wildman–Crippen MR) is 82.6 cm³/mol. The SMILES string of the molecule is Nc1ccc(C2C=C(c3ccc(O)cc3)C=CC2O)nc1. The van der Waals surface area contributed by atoms with Gasteiger partial charge in [-0.25, -0.2) is 0 Å². The van der Waals surface area contributed by atoms with Crippen LogP contribution in [0.15, 0.2) is 60.8 Å². The Morgan fingerprint density at radius 3 is 2.48 bits per heavy atom. The third-order valence-electron chi connectivity index (χ3n) is 3.55. The highest BCUT2D eigenvalue weighted by Crippen LogP contribution is 2.31. The Morgan fingerprint density at radius 1 is 1.05 bits per heavy atom. The lowest BCUT2D eigenvalue weighted by Crippen LogP contribution is -2.18. The number of hydrogen-bond donors (Lipinski definition) is 3. The van der Waals surface area contributed by atoms with Crippen molar-refractivity contribution in [3.63, 3.8) is 0 Å². The zero-order valence-corrected chi connectivity index (χ0v) is 11.3. The molecule has 0 bridgehead atoms. The lowest BCUT2D eigenvalue weighted by Gasteiger charge is -2.22. The van der Waals surface area contributed by atoms with Gasteiger partial charge in [-0.2, -0.15) is 0 Å². The van der Waals surface area contributed by atoms with E-state index >= 15 is 0 Å². The smallest absolute Gasteiger partial charge is 0.115 e. The van der Waals surface area contributed by atoms with E-state index < -0.39 is 6.10 Å². The van der Waals surface area contributed by atoms with Crippen molar-refractivity contribution in [2.75, 3.05) is 5.73 Å². The number of phenols is 1. The van der Waals surface area contributed by atoms with Gasteiger partial charge in [-0.3, -0.25) is 4.98 Å². The molecule has 2 atom stereocenters. The van der Waals surface area contributed by atoms with Gasteiger partial charge in [-0.05, 0) is 35.4 Å². The number of hydrogen-bond acceptors (Lipinski definition) is 4. The molecular weight excluding hydrogens is 264 g/mol. The molecule has 0 radical (unpaired) electrons. The molecular formula is C17H16N2O2. The number of allylic oxidation sites excluding steroid dienone is 2. The second-order valence-corrected chi connectivity index (χ2v) is 5.06.